The summed E-state index contributed by atoms with van der Waals surface area (Å²) in [5, 5.41) is 120. The normalized spacial score (nSPS) is 28.8. The fraction of sp³-hybridized carbons (Fsp3) is 0.955. The number of hydrogen-bond acceptors (Lipinski definition) is 18. The third kappa shape index (κ3) is 32.2. The van der Waals surface area contributed by atoms with Crippen LogP contribution in [-0.4, -0.2) is 193 Å². The number of allylic oxidation sites excluding steroid dienone is 2. The van der Waals surface area contributed by atoms with E-state index >= 15 is 0 Å². The van der Waals surface area contributed by atoms with Gasteiger partial charge in [0, 0.05) is 6.42 Å². The molecule has 19 nitrogen and oxygen atoms in total. The van der Waals surface area contributed by atoms with E-state index in [2.05, 4.69) is 31.3 Å². The summed E-state index contributed by atoms with van der Waals surface area (Å²) >= 11 is 0. The Labute approximate surface area is 518 Å². The zero-order valence-corrected chi connectivity index (χ0v) is 53.6. The van der Waals surface area contributed by atoms with Gasteiger partial charge >= 0.3 is 0 Å². The van der Waals surface area contributed by atoms with Gasteiger partial charge in [0.15, 0.2) is 18.9 Å². The van der Waals surface area contributed by atoms with Crippen molar-refractivity contribution >= 4 is 5.91 Å². The molecule has 17 unspecified atom stereocenters. The summed E-state index contributed by atoms with van der Waals surface area (Å²) in [7, 11) is 0. The molecule has 0 saturated carbocycles. The van der Waals surface area contributed by atoms with Gasteiger partial charge in [0.1, 0.15) is 73.2 Å². The Bertz CT molecular complexity index is 1620. The minimum absolute atomic E-state index is 0.243. The number of ether oxygens (including phenoxy) is 6. The quantitative estimate of drug-likeness (QED) is 0.0200. The highest BCUT2D eigenvalue weighted by molar-refractivity contribution is 5.76. The van der Waals surface area contributed by atoms with Gasteiger partial charge in [-0.2, -0.15) is 0 Å². The first-order chi connectivity index (χ1) is 41.8. The average Bonchev–Trinajstić information content (AvgIpc) is 2.46. The smallest absolute Gasteiger partial charge is 0.220 e. The molecule has 0 radical (unpaired) electrons. The number of carbonyl (C=O) groups excluding carboxylic acids is 1. The van der Waals surface area contributed by atoms with Crippen LogP contribution < -0.4 is 5.32 Å². The summed E-state index contributed by atoms with van der Waals surface area (Å²) in [6, 6.07) is -0.879. The van der Waals surface area contributed by atoms with Gasteiger partial charge in [-0.15, -0.1) is 0 Å². The highest BCUT2D eigenvalue weighted by Crippen LogP contribution is 2.33. The van der Waals surface area contributed by atoms with E-state index in [0.29, 0.717) is 12.8 Å². The summed E-state index contributed by atoms with van der Waals surface area (Å²) in [5.41, 5.74) is 0. The molecule has 19 heteroatoms. The topological polar surface area (TPSA) is 307 Å². The van der Waals surface area contributed by atoms with Crippen LogP contribution in [0.1, 0.15) is 277 Å². The molecule has 3 saturated heterocycles. The van der Waals surface area contributed by atoms with E-state index in [1.165, 1.54) is 186 Å². The van der Waals surface area contributed by atoms with Crippen LogP contribution in [0.5, 0.6) is 0 Å². The fourth-order valence-electron chi connectivity index (χ4n) is 12.1. The second-order valence-electron chi connectivity index (χ2n) is 25.3. The second-order valence-corrected chi connectivity index (χ2v) is 25.3. The first kappa shape index (κ1) is 78.8. The zero-order chi connectivity index (χ0) is 62.6. The van der Waals surface area contributed by atoms with Crippen LogP contribution in [0.15, 0.2) is 12.2 Å². The Morgan fingerprint density at radius 1 is 0.407 bits per heavy atom. The Morgan fingerprint density at radius 3 is 1.13 bits per heavy atom. The van der Waals surface area contributed by atoms with Crippen molar-refractivity contribution in [2.45, 2.75) is 381 Å². The van der Waals surface area contributed by atoms with Gasteiger partial charge in [-0.3, -0.25) is 4.79 Å². The van der Waals surface area contributed by atoms with Gasteiger partial charge in [-0.25, -0.2) is 0 Å². The number of amides is 1. The maximum atomic E-state index is 13.3. The van der Waals surface area contributed by atoms with Crippen molar-refractivity contribution in [1.29, 1.82) is 0 Å². The Kier molecular flexibility index (Phi) is 45.9. The highest BCUT2D eigenvalue weighted by Gasteiger charge is 2.53. The molecule has 86 heavy (non-hydrogen) atoms. The number of hydrogen-bond donors (Lipinski definition) is 12. The van der Waals surface area contributed by atoms with Gasteiger partial charge in [-0.1, -0.05) is 244 Å². The summed E-state index contributed by atoms with van der Waals surface area (Å²) in [6.07, 6.45) is 28.3. The number of rotatable bonds is 54. The van der Waals surface area contributed by atoms with E-state index in [1.807, 2.05) is 0 Å². The highest BCUT2D eigenvalue weighted by atomic mass is 16.8. The van der Waals surface area contributed by atoms with E-state index in [-0.39, 0.29) is 18.9 Å². The van der Waals surface area contributed by atoms with Crippen LogP contribution in [-0.2, 0) is 33.2 Å². The van der Waals surface area contributed by atoms with Gasteiger partial charge in [0.2, 0.25) is 5.91 Å². The lowest BCUT2D eigenvalue weighted by atomic mass is 9.96. The number of unbranched alkanes of at least 4 members (excludes halogenated alkanes) is 36. The Morgan fingerprint density at radius 2 is 0.733 bits per heavy atom. The SMILES string of the molecule is CCCCCCCCCC/C=C\CCCCCCCCCCCCCCCCCCCCCCCCCC(=O)NC(COC1OC(CO)C(OC2OC(CO)C(OC3OC(CO)C(O)C(O)C3O)C(O)C2O)C(O)C1O)C(O)CCCCCCCC. The predicted molar refractivity (Wildman–Crippen MR) is 333 cm³/mol. The van der Waals surface area contributed by atoms with Crippen LogP contribution in [0.4, 0.5) is 0 Å². The van der Waals surface area contributed by atoms with Crippen LogP contribution >= 0.6 is 0 Å². The molecular weight excluding hydrogens is 1110 g/mol. The molecule has 508 valence electrons. The summed E-state index contributed by atoms with van der Waals surface area (Å²) in [6.45, 7) is 1.73. The monoisotopic (exact) mass is 1230 g/mol. The molecule has 3 heterocycles. The molecule has 17 atom stereocenters. The standard InChI is InChI=1S/C67H127NO18/c1-3-5-7-9-11-12-13-14-15-16-17-18-19-20-21-22-23-24-25-26-27-28-29-30-31-32-33-34-35-36-37-38-39-41-43-45-55(73)68-50(51(72)44-42-40-10-8-6-4-2)49-81-65-61(79)58(76)63(53(47-70)83-65)86-67-62(80)59(77)64(54(48-71)84-67)85-66-60(78)57(75)56(74)52(46-69)82-66/h16-17,50-54,56-67,69-72,74-80H,3-15,18-49H2,1-2H3,(H,68,73)/b17-16-. The molecule has 12 N–H and O–H groups in total. The van der Waals surface area contributed by atoms with E-state index in [9.17, 15) is 61.0 Å². The van der Waals surface area contributed by atoms with E-state index in [1.54, 1.807) is 0 Å². The number of aliphatic hydroxyl groups excluding tert-OH is 11. The maximum absolute atomic E-state index is 13.3. The third-order valence-corrected chi connectivity index (χ3v) is 17.8. The molecule has 3 fully saturated rings. The number of carbonyl (C=O) groups is 1. The Hall–Kier alpha value is -1.47. The van der Waals surface area contributed by atoms with Gasteiger partial charge < -0.3 is 89.9 Å². The number of aliphatic hydroxyl groups is 11. The molecule has 0 aromatic rings. The zero-order valence-electron chi connectivity index (χ0n) is 53.6. The third-order valence-electron chi connectivity index (χ3n) is 17.8. The molecule has 3 rings (SSSR count). The molecule has 3 aliphatic heterocycles. The summed E-state index contributed by atoms with van der Waals surface area (Å²) in [4.78, 5) is 13.3. The van der Waals surface area contributed by atoms with E-state index in [4.69, 9.17) is 28.4 Å². The molecule has 0 aromatic heterocycles. The molecule has 0 aliphatic carbocycles. The maximum Gasteiger partial charge on any atom is 0.220 e. The molecular formula is C67H127NO18. The van der Waals surface area contributed by atoms with Gasteiger partial charge in [-0.05, 0) is 38.5 Å². The minimum Gasteiger partial charge on any atom is -0.394 e. The minimum atomic E-state index is -1.97. The summed E-state index contributed by atoms with van der Waals surface area (Å²) in [5.74, 6) is -0.243. The average molecular weight is 1230 g/mol. The van der Waals surface area contributed by atoms with Crippen molar-refractivity contribution in [2.24, 2.45) is 0 Å². The van der Waals surface area contributed by atoms with Crippen LogP contribution in [0.3, 0.4) is 0 Å². The first-order valence-corrected chi connectivity index (χ1v) is 34.9. The van der Waals surface area contributed by atoms with E-state index < -0.39 is 124 Å². The van der Waals surface area contributed by atoms with Crippen LogP contribution in [0.25, 0.3) is 0 Å². The van der Waals surface area contributed by atoms with Gasteiger partial charge in [0.05, 0.1) is 38.6 Å². The molecule has 0 bridgehead atoms. The van der Waals surface area contributed by atoms with Crippen molar-refractivity contribution in [3.8, 4) is 0 Å². The van der Waals surface area contributed by atoms with Crippen LogP contribution in [0.2, 0.25) is 0 Å². The lowest BCUT2D eigenvalue weighted by Gasteiger charge is -2.48. The lowest BCUT2D eigenvalue weighted by molar-refractivity contribution is -0.379. The van der Waals surface area contributed by atoms with Crippen molar-refractivity contribution in [3.63, 3.8) is 0 Å². The lowest BCUT2D eigenvalue weighted by Crippen LogP contribution is -2.66. The van der Waals surface area contributed by atoms with Crippen molar-refractivity contribution < 1.29 is 89.4 Å². The largest absolute Gasteiger partial charge is 0.394 e. The Balaban J connectivity index is 1.25. The van der Waals surface area contributed by atoms with Crippen molar-refractivity contribution in [2.75, 3.05) is 26.4 Å². The van der Waals surface area contributed by atoms with E-state index in [0.717, 1.165) is 57.8 Å². The van der Waals surface area contributed by atoms with Crippen molar-refractivity contribution in [1.82, 2.24) is 5.32 Å². The molecule has 0 spiro atoms. The predicted octanol–water partition coefficient (Wildman–Crippen LogP) is 8.89. The first-order valence-electron chi connectivity index (χ1n) is 34.9. The molecule has 0 aromatic carbocycles. The van der Waals surface area contributed by atoms with Crippen molar-refractivity contribution in [3.05, 3.63) is 12.2 Å². The molecule has 3 aliphatic rings. The number of nitrogens with one attached hydrogen (secondary N) is 1. The van der Waals surface area contributed by atoms with Crippen LogP contribution in [0, 0.1) is 0 Å². The fourth-order valence-corrected chi connectivity index (χ4v) is 12.1. The van der Waals surface area contributed by atoms with Gasteiger partial charge in [0.25, 0.3) is 0 Å². The summed E-state index contributed by atoms with van der Waals surface area (Å²) < 4.78 is 34.2. The molecule has 1 amide bonds. The second kappa shape index (κ2) is 50.1.